The summed E-state index contributed by atoms with van der Waals surface area (Å²) in [7, 11) is 0. The molecule has 0 rings (SSSR count). The summed E-state index contributed by atoms with van der Waals surface area (Å²) in [5.74, 6) is -3.20. The van der Waals surface area contributed by atoms with Crippen molar-refractivity contribution in [1.82, 2.24) is 16.0 Å². The molecule has 11 heteroatoms. The van der Waals surface area contributed by atoms with E-state index in [2.05, 4.69) is 41.2 Å². The van der Waals surface area contributed by atoms with Gasteiger partial charge in [0.25, 0.3) is 0 Å². The van der Waals surface area contributed by atoms with Gasteiger partial charge in [-0.25, -0.2) is 0 Å². The number of aliphatic carboxylic acids is 1. The minimum absolute atomic E-state index is 0.0428. The van der Waals surface area contributed by atoms with E-state index in [0.29, 0.717) is 0 Å². The quantitative estimate of drug-likeness (QED) is 0.222. The van der Waals surface area contributed by atoms with Crippen LogP contribution in [0.3, 0.4) is 0 Å². The lowest BCUT2D eigenvalue weighted by molar-refractivity contribution is -0.141. The molecule has 0 radical (unpaired) electrons. The number of rotatable bonds is 10. The zero-order valence-electron chi connectivity index (χ0n) is 14.4. The van der Waals surface area contributed by atoms with Gasteiger partial charge in [-0.1, -0.05) is 13.8 Å². The minimum atomic E-state index is -1.20. The topological polar surface area (TPSA) is 151 Å². The van der Waals surface area contributed by atoms with Gasteiger partial charge in [0.2, 0.25) is 17.7 Å². The summed E-state index contributed by atoms with van der Waals surface area (Å²) in [6.07, 6.45) is 0. The standard InChI is InChI=1S/C14H26N4O5S2/c1-6(2)10(18-11(19)8(15)4-24)13(21)17-9(5-25)12(20)16-7(3)14(22)23/h6-10,24-25H,4-5,15H2,1-3H3,(H,16,20)(H,17,21)(H,18,19)(H,22,23). The molecule has 9 nitrogen and oxygen atoms in total. The van der Waals surface area contributed by atoms with E-state index in [1.54, 1.807) is 13.8 Å². The number of carbonyl (C=O) groups excluding carboxylic acids is 3. The van der Waals surface area contributed by atoms with Crippen LogP contribution in [0, 0.1) is 5.92 Å². The molecule has 0 spiro atoms. The second-order valence-electron chi connectivity index (χ2n) is 5.83. The lowest BCUT2D eigenvalue weighted by Crippen LogP contribution is -2.58. The number of nitrogens with two attached hydrogens (primary N) is 1. The van der Waals surface area contributed by atoms with E-state index >= 15 is 0 Å². The van der Waals surface area contributed by atoms with E-state index in [-0.39, 0.29) is 17.4 Å². The number of hydrogen-bond acceptors (Lipinski definition) is 7. The molecule has 0 heterocycles. The highest BCUT2D eigenvalue weighted by molar-refractivity contribution is 7.80. The van der Waals surface area contributed by atoms with E-state index in [1.807, 2.05) is 0 Å². The van der Waals surface area contributed by atoms with Crippen LogP contribution in [0.5, 0.6) is 0 Å². The van der Waals surface area contributed by atoms with Crippen LogP contribution < -0.4 is 21.7 Å². The molecule has 25 heavy (non-hydrogen) atoms. The minimum Gasteiger partial charge on any atom is -0.480 e. The van der Waals surface area contributed by atoms with Crippen molar-refractivity contribution in [1.29, 1.82) is 0 Å². The largest absolute Gasteiger partial charge is 0.480 e. The van der Waals surface area contributed by atoms with Gasteiger partial charge in [0.05, 0.1) is 6.04 Å². The van der Waals surface area contributed by atoms with Gasteiger partial charge < -0.3 is 26.8 Å². The molecular formula is C14H26N4O5S2. The number of thiol groups is 2. The zero-order valence-corrected chi connectivity index (χ0v) is 16.1. The molecule has 0 aromatic carbocycles. The number of carboxylic acid groups (broad SMARTS) is 1. The molecule has 6 N–H and O–H groups in total. The highest BCUT2D eigenvalue weighted by atomic mass is 32.1. The molecule has 0 aromatic rings. The lowest BCUT2D eigenvalue weighted by atomic mass is 10.0. The van der Waals surface area contributed by atoms with Gasteiger partial charge in [-0.3, -0.25) is 19.2 Å². The fourth-order valence-corrected chi connectivity index (χ4v) is 2.13. The van der Waals surface area contributed by atoms with E-state index < -0.39 is 47.9 Å². The van der Waals surface area contributed by atoms with E-state index in [9.17, 15) is 19.2 Å². The van der Waals surface area contributed by atoms with E-state index in [4.69, 9.17) is 10.8 Å². The first kappa shape index (κ1) is 23.5. The number of nitrogens with one attached hydrogen (secondary N) is 3. The third kappa shape index (κ3) is 7.97. The molecule has 4 atom stereocenters. The Labute approximate surface area is 157 Å². The molecular weight excluding hydrogens is 368 g/mol. The van der Waals surface area contributed by atoms with Crippen LogP contribution in [-0.4, -0.2) is 64.5 Å². The highest BCUT2D eigenvalue weighted by Crippen LogP contribution is 2.04. The Kier molecular flexibility index (Phi) is 10.6. The van der Waals surface area contributed by atoms with Gasteiger partial charge in [-0.2, -0.15) is 25.3 Å². The molecule has 0 saturated carbocycles. The van der Waals surface area contributed by atoms with Crippen molar-refractivity contribution >= 4 is 48.9 Å². The third-order valence-electron chi connectivity index (χ3n) is 3.33. The first-order valence-corrected chi connectivity index (χ1v) is 8.92. The average Bonchev–Trinajstić information content (AvgIpc) is 2.55. The van der Waals surface area contributed by atoms with Crippen LogP contribution in [0.4, 0.5) is 0 Å². The maximum Gasteiger partial charge on any atom is 0.325 e. The van der Waals surface area contributed by atoms with Crippen molar-refractivity contribution in [2.24, 2.45) is 11.7 Å². The van der Waals surface area contributed by atoms with Gasteiger partial charge in [0, 0.05) is 11.5 Å². The van der Waals surface area contributed by atoms with Crippen molar-refractivity contribution in [2.75, 3.05) is 11.5 Å². The summed E-state index contributed by atoms with van der Waals surface area (Å²) in [6, 6.07) is -3.93. The van der Waals surface area contributed by atoms with Gasteiger partial charge in [0.1, 0.15) is 18.1 Å². The van der Waals surface area contributed by atoms with E-state index in [1.165, 1.54) is 6.92 Å². The Balaban J connectivity index is 4.98. The van der Waals surface area contributed by atoms with Crippen molar-refractivity contribution < 1.29 is 24.3 Å². The van der Waals surface area contributed by atoms with Crippen molar-refractivity contribution in [3.05, 3.63) is 0 Å². The van der Waals surface area contributed by atoms with Gasteiger partial charge in [-0.05, 0) is 12.8 Å². The van der Waals surface area contributed by atoms with Crippen LogP contribution in [0.15, 0.2) is 0 Å². The molecule has 0 saturated heterocycles. The fraction of sp³-hybridized carbons (Fsp3) is 0.714. The maximum atomic E-state index is 12.4. The predicted octanol–water partition coefficient (Wildman–Crippen LogP) is -1.61. The summed E-state index contributed by atoms with van der Waals surface area (Å²) < 4.78 is 0. The predicted molar refractivity (Wildman–Crippen MR) is 99.6 cm³/mol. The second-order valence-corrected chi connectivity index (χ2v) is 6.56. The molecule has 0 aliphatic heterocycles. The summed E-state index contributed by atoms with van der Waals surface area (Å²) >= 11 is 7.93. The first-order valence-electron chi connectivity index (χ1n) is 7.66. The maximum absolute atomic E-state index is 12.4. The molecule has 0 aromatic heterocycles. The Morgan fingerprint density at radius 2 is 1.48 bits per heavy atom. The van der Waals surface area contributed by atoms with Crippen LogP contribution in [0.1, 0.15) is 20.8 Å². The molecule has 0 bridgehead atoms. The second kappa shape index (κ2) is 11.2. The average molecular weight is 395 g/mol. The molecule has 0 aliphatic carbocycles. The molecule has 144 valence electrons. The smallest absolute Gasteiger partial charge is 0.325 e. The number of amides is 3. The van der Waals surface area contributed by atoms with Crippen molar-refractivity contribution in [3.63, 3.8) is 0 Å². The monoisotopic (exact) mass is 394 g/mol. The fourth-order valence-electron chi connectivity index (χ4n) is 1.71. The molecule has 0 aliphatic rings. The summed E-state index contributed by atoms with van der Waals surface area (Å²) in [5, 5.41) is 16.0. The van der Waals surface area contributed by atoms with Crippen molar-refractivity contribution in [2.45, 2.75) is 44.9 Å². The zero-order chi connectivity index (χ0) is 19.7. The number of carboxylic acids is 1. The SMILES string of the molecule is CC(NC(=O)C(CS)NC(=O)C(NC(=O)C(N)CS)C(C)C)C(=O)O. The van der Waals surface area contributed by atoms with Gasteiger partial charge >= 0.3 is 5.97 Å². The van der Waals surface area contributed by atoms with Crippen LogP contribution in [-0.2, 0) is 19.2 Å². The lowest BCUT2D eigenvalue weighted by Gasteiger charge is -2.25. The Morgan fingerprint density at radius 1 is 0.920 bits per heavy atom. The molecule has 3 amide bonds. The normalized spacial score (nSPS) is 15.6. The Morgan fingerprint density at radius 3 is 1.88 bits per heavy atom. The summed E-state index contributed by atoms with van der Waals surface area (Å²) in [6.45, 7) is 4.74. The van der Waals surface area contributed by atoms with Crippen LogP contribution in [0.2, 0.25) is 0 Å². The first-order chi connectivity index (χ1) is 11.5. The van der Waals surface area contributed by atoms with Crippen LogP contribution >= 0.6 is 25.3 Å². The molecule has 0 fully saturated rings. The highest BCUT2D eigenvalue weighted by Gasteiger charge is 2.30. The molecule has 4 unspecified atom stereocenters. The summed E-state index contributed by atoms with van der Waals surface area (Å²) in [4.78, 5) is 47.1. The third-order valence-corrected chi connectivity index (χ3v) is 4.08. The number of hydrogen-bond donors (Lipinski definition) is 7. The van der Waals surface area contributed by atoms with Crippen LogP contribution in [0.25, 0.3) is 0 Å². The Hall–Kier alpha value is -1.46. The Bertz CT molecular complexity index is 504. The van der Waals surface area contributed by atoms with E-state index in [0.717, 1.165) is 0 Å². The van der Waals surface area contributed by atoms with Gasteiger partial charge in [-0.15, -0.1) is 0 Å². The van der Waals surface area contributed by atoms with Gasteiger partial charge in [0.15, 0.2) is 0 Å². The van der Waals surface area contributed by atoms with Crippen molar-refractivity contribution in [3.8, 4) is 0 Å². The summed E-state index contributed by atoms with van der Waals surface area (Å²) in [5.41, 5.74) is 5.57. The number of carbonyl (C=O) groups is 4.